The molecule has 6 rings (SSSR count). The molecule has 2 bridgehead atoms. The van der Waals surface area contributed by atoms with E-state index in [4.69, 9.17) is 16.3 Å². The molecule has 2 aromatic rings. The molecule has 2 heterocycles. The number of halogens is 3. The Morgan fingerprint density at radius 3 is 2.61 bits per heavy atom. The van der Waals surface area contributed by atoms with Crippen molar-refractivity contribution in [3.8, 4) is 5.75 Å². The summed E-state index contributed by atoms with van der Waals surface area (Å²) >= 11 is 6.38. The minimum atomic E-state index is -4.19. The second-order valence-electron chi connectivity index (χ2n) is 14.6. The van der Waals surface area contributed by atoms with Gasteiger partial charge in [-0.1, -0.05) is 36.7 Å². The SMILES string of the molecule is C[C@@H]1[C@@H](C)C/C=C\[C@](O)(C(F)(F)C(=O)N(C)C)[C@@H]2CC[C@H]2CN2C[C@@]3(CCCc4cc(Cl)ccc43)COc3ccc(cc32)C(=O)NS1(=O)=O. The van der Waals surface area contributed by atoms with Gasteiger partial charge in [0.25, 0.3) is 11.8 Å². The van der Waals surface area contributed by atoms with E-state index in [1.807, 2.05) is 23.1 Å². The van der Waals surface area contributed by atoms with Crippen LogP contribution in [-0.2, 0) is 26.7 Å². The Bertz CT molecular complexity index is 1790. The van der Waals surface area contributed by atoms with E-state index in [0.717, 1.165) is 41.4 Å². The lowest BCUT2D eigenvalue weighted by Gasteiger charge is -2.50. The van der Waals surface area contributed by atoms with Crippen LogP contribution < -0.4 is 14.4 Å². The number of nitrogens with zero attached hydrogens (tertiary/aromatic N) is 2. The number of hydrogen-bond acceptors (Lipinski definition) is 7. The highest BCUT2D eigenvalue weighted by molar-refractivity contribution is 7.90. The molecule has 266 valence electrons. The van der Waals surface area contributed by atoms with Crippen LogP contribution in [0.25, 0.3) is 0 Å². The number of nitrogens with one attached hydrogen (secondary N) is 1. The molecular formula is C36H44ClF2N3O6S. The third kappa shape index (κ3) is 6.22. The Kier molecular flexibility index (Phi) is 9.32. The van der Waals surface area contributed by atoms with Crippen molar-refractivity contribution < 1.29 is 36.6 Å². The van der Waals surface area contributed by atoms with Crippen molar-refractivity contribution in [3.63, 3.8) is 0 Å². The van der Waals surface area contributed by atoms with Crippen LogP contribution in [0.15, 0.2) is 48.6 Å². The van der Waals surface area contributed by atoms with E-state index in [0.29, 0.717) is 36.0 Å². The smallest absolute Gasteiger partial charge is 0.356 e. The van der Waals surface area contributed by atoms with E-state index in [-0.39, 0.29) is 24.9 Å². The van der Waals surface area contributed by atoms with Gasteiger partial charge in [-0.2, -0.15) is 8.78 Å². The van der Waals surface area contributed by atoms with Crippen LogP contribution in [0.5, 0.6) is 5.75 Å². The van der Waals surface area contributed by atoms with E-state index < -0.39 is 61.8 Å². The van der Waals surface area contributed by atoms with Crippen LogP contribution in [0.3, 0.4) is 0 Å². The first kappa shape index (κ1) is 35.6. The number of benzene rings is 2. The van der Waals surface area contributed by atoms with Crippen molar-refractivity contribution >= 4 is 39.1 Å². The van der Waals surface area contributed by atoms with E-state index in [1.54, 1.807) is 19.1 Å². The summed E-state index contributed by atoms with van der Waals surface area (Å²) in [5.41, 5.74) is -0.502. The second-order valence-corrected chi connectivity index (χ2v) is 17.1. The van der Waals surface area contributed by atoms with Crippen LogP contribution in [0, 0.1) is 17.8 Å². The molecule has 1 saturated carbocycles. The molecule has 0 radical (unpaired) electrons. The van der Waals surface area contributed by atoms with Gasteiger partial charge < -0.3 is 19.6 Å². The Labute approximate surface area is 291 Å². The number of fused-ring (bicyclic) bond motifs is 4. The van der Waals surface area contributed by atoms with Gasteiger partial charge in [-0.05, 0) is 98.7 Å². The maximum Gasteiger partial charge on any atom is 0.356 e. The van der Waals surface area contributed by atoms with Gasteiger partial charge in [0, 0.05) is 49.1 Å². The van der Waals surface area contributed by atoms with Crippen molar-refractivity contribution in [1.82, 2.24) is 9.62 Å². The normalized spacial score (nSPS) is 32.0. The summed E-state index contributed by atoms with van der Waals surface area (Å²) in [4.78, 5) is 29.2. The Morgan fingerprint density at radius 2 is 1.92 bits per heavy atom. The zero-order valence-electron chi connectivity index (χ0n) is 28.2. The molecule has 2 aliphatic carbocycles. The molecule has 6 atom stereocenters. The molecule has 4 aliphatic rings. The summed E-state index contributed by atoms with van der Waals surface area (Å²) in [5.74, 6) is -8.03. The highest BCUT2D eigenvalue weighted by Gasteiger charge is 2.64. The standard InChI is InChI=1S/C36H44ClF2N3O6S/c1-22-7-5-16-35(45,36(38,39)33(44)41(3)4)29-12-9-26(29)19-42-20-34(15-6-8-24-17-27(37)11-13-28(24)34)21-48-31-14-10-25(18-30(31)42)32(43)40-49(46,47)23(22)2/h5,10-11,13-14,16-18,22-23,26,29,45H,6-9,12,15,19-21H2,1-4H3,(H,40,43)/b16-5-/t22-,23+,26-,29+,34-,35+/m0/s1. The molecule has 2 aliphatic heterocycles. The topological polar surface area (TPSA) is 116 Å². The molecule has 2 aromatic carbocycles. The number of anilines is 1. The first-order chi connectivity index (χ1) is 23.0. The molecule has 9 nitrogen and oxygen atoms in total. The molecule has 1 fully saturated rings. The highest BCUT2D eigenvalue weighted by atomic mass is 35.5. The van der Waals surface area contributed by atoms with Gasteiger partial charge in [0.2, 0.25) is 10.0 Å². The number of carbonyl (C=O) groups is 2. The summed E-state index contributed by atoms with van der Waals surface area (Å²) in [7, 11) is -1.74. The molecule has 13 heteroatoms. The lowest BCUT2D eigenvalue weighted by atomic mass is 9.62. The van der Waals surface area contributed by atoms with Crippen molar-refractivity contribution in [2.45, 2.75) is 74.6 Å². The molecule has 49 heavy (non-hydrogen) atoms. The molecule has 2 amide bonds. The van der Waals surface area contributed by atoms with Gasteiger partial charge in [0.15, 0.2) is 5.60 Å². The molecule has 1 spiro atoms. The van der Waals surface area contributed by atoms with Crippen molar-refractivity contribution in [2.75, 3.05) is 38.7 Å². The zero-order chi connectivity index (χ0) is 35.5. The molecule has 2 N–H and O–H groups in total. The summed E-state index contributed by atoms with van der Waals surface area (Å²) in [6, 6.07) is 10.6. The van der Waals surface area contributed by atoms with Crippen molar-refractivity contribution in [1.29, 1.82) is 0 Å². The molecule has 0 saturated heterocycles. The maximum absolute atomic E-state index is 16.2. The minimum absolute atomic E-state index is 0.0104. The fourth-order valence-electron chi connectivity index (χ4n) is 8.06. The van der Waals surface area contributed by atoms with Crippen LogP contribution in [0.1, 0.15) is 67.4 Å². The van der Waals surface area contributed by atoms with Crippen LogP contribution in [0.2, 0.25) is 5.02 Å². The van der Waals surface area contributed by atoms with E-state index in [2.05, 4.69) is 4.72 Å². The van der Waals surface area contributed by atoms with Crippen LogP contribution >= 0.6 is 11.6 Å². The van der Waals surface area contributed by atoms with Gasteiger partial charge >= 0.3 is 5.92 Å². The van der Waals surface area contributed by atoms with E-state index in [1.165, 1.54) is 33.2 Å². The van der Waals surface area contributed by atoms with Crippen LogP contribution in [-0.4, -0.2) is 80.8 Å². The minimum Gasteiger partial charge on any atom is -0.490 e. The Hall–Kier alpha value is -3.22. The lowest BCUT2D eigenvalue weighted by molar-refractivity contribution is -0.213. The summed E-state index contributed by atoms with van der Waals surface area (Å²) in [6.07, 6.45) is 5.65. The summed E-state index contributed by atoms with van der Waals surface area (Å²) in [6.45, 7) is 4.02. The number of rotatable bonds is 2. The van der Waals surface area contributed by atoms with E-state index >= 15 is 8.78 Å². The Balaban J connectivity index is 1.49. The quantitative estimate of drug-likeness (QED) is 0.403. The fourth-order valence-corrected chi connectivity index (χ4v) is 9.54. The number of sulfonamides is 1. The maximum atomic E-state index is 16.2. The van der Waals surface area contributed by atoms with Crippen molar-refractivity contribution in [2.24, 2.45) is 17.8 Å². The molecule has 0 unspecified atom stereocenters. The van der Waals surface area contributed by atoms with Gasteiger partial charge in [-0.15, -0.1) is 0 Å². The van der Waals surface area contributed by atoms with Crippen molar-refractivity contribution in [3.05, 3.63) is 70.3 Å². The zero-order valence-corrected chi connectivity index (χ0v) is 29.8. The largest absolute Gasteiger partial charge is 0.490 e. The average molecular weight is 720 g/mol. The van der Waals surface area contributed by atoms with Crippen LogP contribution in [0.4, 0.5) is 14.5 Å². The average Bonchev–Trinajstić information content (AvgIpc) is 3.18. The predicted octanol–water partition coefficient (Wildman–Crippen LogP) is 5.34. The lowest BCUT2D eigenvalue weighted by Crippen LogP contribution is -2.64. The number of carbonyl (C=O) groups excluding carboxylic acids is 2. The summed E-state index contributed by atoms with van der Waals surface area (Å²) < 4.78 is 67.8. The first-order valence-corrected chi connectivity index (χ1v) is 18.8. The third-order valence-electron chi connectivity index (χ3n) is 11.3. The number of aryl methyl sites for hydroxylation is 1. The fraction of sp³-hybridized carbons (Fsp3) is 0.556. The molecule has 0 aromatic heterocycles. The van der Waals surface area contributed by atoms with Gasteiger partial charge in [-0.3, -0.25) is 9.59 Å². The Morgan fingerprint density at radius 1 is 1.16 bits per heavy atom. The number of ether oxygens (including phenoxy) is 1. The number of allylic oxidation sites excluding steroid dienone is 1. The number of alkyl halides is 2. The van der Waals surface area contributed by atoms with Gasteiger partial charge in [0.1, 0.15) is 5.75 Å². The number of amides is 2. The second kappa shape index (κ2) is 12.8. The van der Waals surface area contributed by atoms with Gasteiger partial charge in [0.05, 0.1) is 17.5 Å². The monoisotopic (exact) mass is 719 g/mol. The third-order valence-corrected chi connectivity index (χ3v) is 13.5. The van der Waals surface area contributed by atoms with Gasteiger partial charge in [-0.25, -0.2) is 13.1 Å². The first-order valence-electron chi connectivity index (χ1n) is 16.9. The summed E-state index contributed by atoms with van der Waals surface area (Å²) in [5, 5.41) is 11.6. The predicted molar refractivity (Wildman–Crippen MR) is 184 cm³/mol. The van der Waals surface area contributed by atoms with E-state index in [9.17, 15) is 23.1 Å². The highest BCUT2D eigenvalue weighted by Crippen LogP contribution is 2.52. The number of aliphatic hydroxyl groups is 1. The number of hydrogen-bond donors (Lipinski definition) is 2. The molecular weight excluding hydrogens is 676 g/mol.